The molecular formula is C14H28N2O4P+. The number of amides is 2. The van der Waals surface area contributed by atoms with Gasteiger partial charge < -0.3 is 10.6 Å². The van der Waals surface area contributed by atoms with E-state index < -0.39 is 20.0 Å². The highest BCUT2D eigenvalue weighted by molar-refractivity contribution is 7.38. The lowest BCUT2D eigenvalue weighted by atomic mass is 9.96. The fraction of sp³-hybridized carbons (Fsp3) is 0.857. The number of carbonyl (C=O) groups excluding carboxylic acids is 2. The second kappa shape index (κ2) is 9.85. The summed E-state index contributed by atoms with van der Waals surface area (Å²) < 4.78 is 11.0. The first-order valence-corrected chi connectivity index (χ1v) is 8.72. The molecule has 122 valence electrons. The fourth-order valence-electron chi connectivity index (χ4n) is 2.19. The molecule has 21 heavy (non-hydrogen) atoms. The molecule has 0 fully saturated rings. The summed E-state index contributed by atoms with van der Waals surface area (Å²) in [6, 6.07) is -0.603. The van der Waals surface area contributed by atoms with E-state index >= 15 is 0 Å². The zero-order valence-corrected chi connectivity index (χ0v) is 14.4. The molecule has 7 heteroatoms. The topological polar surface area (TPSA) is 95.5 Å². The van der Waals surface area contributed by atoms with E-state index in [2.05, 4.69) is 10.6 Å². The Bertz CT molecular complexity index is 372. The van der Waals surface area contributed by atoms with Crippen molar-refractivity contribution in [3.63, 3.8) is 0 Å². The van der Waals surface area contributed by atoms with Crippen molar-refractivity contribution >= 4 is 19.8 Å². The van der Waals surface area contributed by atoms with Gasteiger partial charge in [-0.15, -0.1) is 0 Å². The molecule has 6 nitrogen and oxygen atoms in total. The summed E-state index contributed by atoms with van der Waals surface area (Å²) in [5.41, 5.74) is 0. The van der Waals surface area contributed by atoms with Crippen molar-refractivity contribution in [1.29, 1.82) is 0 Å². The van der Waals surface area contributed by atoms with E-state index in [0.29, 0.717) is 12.8 Å². The van der Waals surface area contributed by atoms with Gasteiger partial charge in [-0.3, -0.25) is 9.59 Å². The van der Waals surface area contributed by atoms with Gasteiger partial charge in [-0.25, -0.2) is 0 Å². The van der Waals surface area contributed by atoms with Crippen molar-refractivity contribution < 1.29 is 19.0 Å². The Morgan fingerprint density at radius 3 is 1.95 bits per heavy atom. The van der Waals surface area contributed by atoms with Gasteiger partial charge in [0.2, 0.25) is 11.8 Å². The average Bonchev–Trinajstić information content (AvgIpc) is 2.34. The predicted octanol–water partition coefficient (Wildman–Crippen LogP) is 1.66. The molecule has 3 atom stereocenters. The zero-order valence-electron chi connectivity index (χ0n) is 13.5. The van der Waals surface area contributed by atoms with Gasteiger partial charge in [0, 0.05) is 7.05 Å². The number of hydrogen-bond donors (Lipinski definition) is 3. The van der Waals surface area contributed by atoms with Gasteiger partial charge in [-0.2, -0.15) is 4.89 Å². The maximum atomic E-state index is 12.3. The van der Waals surface area contributed by atoms with E-state index in [1.807, 2.05) is 27.7 Å². The van der Waals surface area contributed by atoms with Gasteiger partial charge in [0.05, 0.1) is 5.92 Å². The second-order valence-corrected chi connectivity index (χ2v) is 7.24. The molecule has 0 aromatic carbocycles. The lowest BCUT2D eigenvalue weighted by Gasteiger charge is -2.22. The Balaban J connectivity index is 4.87. The number of rotatable bonds is 9. The molecule has 0 aliphatic heterocycles. The van der Waals surface area contributed by atoms with E-state index in [-0.39, 0.29) is 29.8 Å². The van der Waals surface area contributed by atoms with Crippen molar-refractivity contribution in [2.24, 2.45) is 17.8 Å². The Morgan fingerprint density at radius 1 is 1.05 bits per heavy atom. The van der Waals surface area contributed by atoms with Crippen molar-refractivity contribution in [2.75, 3.05) is 13.2 Å². The SMILES string of the molecule is CNC(=O)[C@H](CC(C)C)NC(=O)C(CC(C)C)C[P+](=O)O. The van der Waals surface area contributed by atoms with Crippen molar-refractivity contribution in [3.8, 4) is 0 Å². The van der Waals surface area contributed by atoms with E-state index in [9.17, 15) is 14.2 Å². The Morgan fingerprint density at radius 2 is 1.57 bits per heavy atom. The summed E-state index contributed by atoms with van der Waals surface area (Å²) in [5.74, 6) is -0.619. The third kappa shape index (κ3) is 8.79. The molecule has 3 N–H and O–H groups in total. The van der Waals surface area contributed by atoms with Gasteiger partial charge in [-0.1, -0.05) is 27.7 Å². The lowest BCUT2D eigenvalue weighted by Crippen LogP contribution is -2.48. The van der Waals surface area contributed by atoms with Crippen LogP contribution in [0.4, 0.5) is 0 Å². The van der Waals surface area contributed by atoms with E-state index in [1.54, 1.807) is 0 Å². The first kappa shape index (κ1) is 20.0. The van der Waals surface area contributed by atoms with Gasteiger partial charge in [0.1, 0.15) is 6.04 Å². The van der Waals surface area contributed by atoms with Crippen LogP contribution in [0.2, 0.25) is 0 Å². The first-order chi connectivity index (χ1) is 9.67. The lowest BCUT2D eigenvalue weighted by molar-refractivity contribution is -0.131. The predicted molar refractivity (Wildman–Crippen MR) is 83.1 cm³/mol. The van der Waals surface area contributed by atoms with E-state index in [1.165, 1.54) is 7.05 Å². The van der Waals surface area contributed by atoms with Crippen LogP contribution in [0.1, 0.15) is 40.5 Å². The molecule has 0 aromatic rings. The van der Waals surface area contributed by atoms with Crippen LogP contribution in [-0.2, 0) is 14.2 Å². The van der Waals surface area contributed by atoms with E-state index in [0.717, 1.165) is 0 Å². The molecular weight excluding hydrogens is 291 g/mol. The third-order valence-corrected chi connectivity index (χ3v) is 3.84. The highest BCUT2D eigenvalue weighted by Gasteiger charge is 2.31. The molecule has 0 heterocycles. The summed E-state index contributed by atoms with van der Waals surface area (Å²) in [6.07, 6.45) is 0.988. The number of carbonyl (C=O) groups is 2. The molecule has 0 spiro atoms. The minimum Gasteiger partial charge on any atom is -0.357 e. The molecule has 0 bridgehead atoms. The Hall–Kier alpha value is -1.00. The molecule has 0 radical (unpaired) electrons. The zero-order chi connectivity index (χ0) is 16.6. The summed E-state index contributed by atoms with van der Waals surface area (Å²) in [4.78, 5) is 33.2. The van der Waals surface area contributed by atoms with Crippen LogP contribution in [0.25, 0.3) is 0 Å². The van der Waals surface area contributed by atoms with Gasteiger partial charge in [-0.05, 0) is 29.2 Å². The first-order valence-electron chi connectivity index (χ1n) is 7.32. The van der Waals surface area contributed by atoms with Gasteiger partial charge >= 0.3 is 8.03 Å². The number of hydrogen-bond acceptors (Lipinski definition) is 3. The molecule has 0 aliphatic rings. The quantitative estimate of drug-likeness (QED) is 0.563. The van der Waals surface area contributed by atoms with Gasteiger partial charge in [0.15, 0.2) is 6.16 Å². The van der Waals surface area contributed by atoms with Crippen LogP contribution in [0.5, 0.6) is 0 Å². The molecule has 0 rings (SSSR count). The van der Waals surface area contributed by atoms with Crippen molar-refractivity contribution in [2.45, 2.75) is 46.6 Å². The minimum absolute atomic E-state index is 0.0680. The highest BCUT2D eigenvalue weighted by atomic mass is 31.1. The fourth-order valence-corrected chi connectivity index (χ4v) is 2.88. The van der Waals surface area contributed by atoms with Crippen LogP contribution in [0, 0.1) is 17.8 Å². The summed E-state index contributed by atoms with van der Waals surface area (Å²) in [6.45, 7) is 7.85. The van der Waals surface area contributed by atoms with E-state index in [4.69, 9.17) is 4.89 Å². The molecule has 2 unspecified atom stereocenters. The molecule has 0 aromatic heterocycles. The summed E-state index contributed by atoms with van der Waals surface area (Å²) in [5, 5.41) is 5.25. The molecule has 0 aliphatic carbocycles. The maximum Gasteiger partial charge on any atom is 0.506 e. The number of likely N-dealkylation sites (N-methyl/N-ethyl adjacent to an activating group) is 1. The molecule has 0 saturated carbocycles. The summed E-state index contributed by atoms with van der Waals surface area (Å²) in [7, 11) is -0.849. The minimum atomic E-state index is -2.37. The summed E-state index contributed by atoms with van der Waals surface area (Å²) >= 11 is 0. The maximum absolute atomic E-state index is 12.3. The van der Waals surface area contributed by atoms with Crippen molar-refractivity contribution in [3.05, 3.63) is 0 Å². The second-order valence-electron chi connectivity index (χ2n) is 6.17. The largest absolute Gasteiger partial charge is 0.506 e. The smallest absolute Gasteiger partial charge is 0.357 e. The van der Waals surface area contributed by atoms with Crippen molar-refractivity contribution in [1.82, 2.24) is 10.6 Å². The standard InChI is InChI=1S/C14H27N2O4P/c1-9(2)6-11(8-21(19)20)13(17)16-12(7-10(3)4)14(18)15-5/h9-12H,6-8H2,1-5H3,(H2-,15,16,17,18,19,20)/p+1/t11?,12-/m0/s1. The third-order valence-electron chi connectivity index (χ3n) is 3.09. The highest BCUT2D eigenvalue weighted by Crippen LogP contribution is 2.24. The average molecular weight is 319 g/mol. The van der Waals surface area contributed by atoms with Crippen LogP contribution >= 0.6 is 8.03 Å². The van der Waals surface area contributed by atoms with Crippen LogP contribution in [0.15, 0.2) is 0 Å². The van der Waals surface area contributed by atoms with Crippen LogP contribution in [-0.4, -0.2) is 36.0 Å². The Kier molecular flexibility index (Phi) is 9.38. The number of nitrogens with one attached hydrogen (secondary N) is 2. The van der Waals surface area contributed by atoms with Crippen LogP contribution in [0.3, 0.4) is 0 Å². The Labute approximate surface area is 127 Å². The normalized spacial score (nSPS) is 14.8. The molecule has 0 saturated heterocycles. The van der Waals surface area contributed by atoms with Gasteiger partial charge in [0.25, 0.3) is 0 Å². The monoisotopic (exact) mass is 319 g/mol. The molecule has 2 amide bonds. The van der Waals surface area contributed by atoms with Crippen LogP contribution < -0.4 is 10.6 Å².